The van der Waals surface area contributed by atoms with Gasteiger partial charge in [0.15, 0.2) is 0 Å². The number of phenols is 1. The second-order valence-corrected chi connectivity index (χ2v) is 10.5. The van der Waals surface area contributed by atoms with Crippen LogP contribution in [0.1, 0.15) is 47.8 Å². The van der Waals surface area contributed by atoms with Crippen LogP contribution in [0.15, 0.2) is 47.4 Å². The molecule has 8 nitrogen and oxygen atoms in total. The van der Waals surface area contributed by atoms with Crippen LogP contribution in [-0.2, 0) is 10.0 Å². The van der Waals surface area contributed by atoms with E-state index in [-0.39, 0.29) is 22.4 Å². The van der Waals surface area contributed by atoms with Gasteiger partial charge in [-0.05, 0) is 87.2 Å². The number of sulfonamides is 1. The monoisotopic (exact) mass is 468 g/mol. The summed E-state index contributed by atoms with van der Waals surface area (Å²) in [6, 6.07) is 11.2. The molecule has 2 heterocycles. The Morgan fingerprint density at radius 3 is 2.52 bits per heavy atom. The molecule has 33 heavy (non-hydrogen) atoms. The summed E-state index contributed by atoms with van der Waals surface area (Å²) in [6.45, 7) is 6.31. The SMILES string of the molecule is Cc1cc(O)c(-c2cc(C(=O)Nc3ccc(S(=O)(=O)N4CCCC[C@@H]4C)cc3)[nH]n2)cc1C. The first kappa shape index (κ1) is 23.0. The first-order chi connectivity index (χ1) is 15.7. The minimum atomic E-state index is -3.57. The second-order valence-electron chi connectivity index (χ2n) is 8.56. The molecule has 0 radical (unpaired) electrons. The smallest absolute Gasteiger partial charge is 0.273 e. The number of anilines is 1. The predicted octanol–water partition coefficient (Wildman–Crippen LogP) is 4.21. The fraction of sp³-hybridized carbons (Fsp3) is 0.333. The molecule has 1 aliphatic rings. The number of rotatable bonds is 5. The first-order valence-electron chi connectivity index (χ1n) is 11.0. The highest BCUT2D eigenvalue weighted by molar-refractivity contribution is 7.89. The average molecular weight is 469 g/mol. The van der Waals surface area contributed by atoms with Crippen molar-refractivity contribution in [2.75, 3.05) is 11.9 Å². The van der Waals surface area contributed by atoms with E-state index in [1.807, 2.05) is 26.8 Å². The molecule has 9 heteroatoms. The molecule has 0 saturated carbocycles. The maximum atomic E-state index is 13.0. The van der Waals surface area contributed by atoms with Crippen molar-refractivity contribution in [1.29, 1.82) is 0 Å². The first-order valence-corrected chi connectivity index (χ1v) is 12.4. The molecular formula is C24H28N4O4S. The molecule has 3 aromatic rings. The summed E-state index contributed by atoms with van der Waals surface area (Å²) in [4.78, 5) is 12.9. The number of hydrogen-bond acceptors (Lipinski definition) is 5. The highest BCUT2D eigenvalue weighted by Gasteiger charge is 2.30. The Kier molecular flexibility index (Phi) is 6.27. The number of nitrogens with one attached hydrogen (secondary N) is 2. The largest absolute Gasteiger partial charge is 0.507 e. The summed E-state index contributed by atoms with van der Waals surface area (Å²) in [5, 5.41) is 19.8. The molecule has 1 saturated heterocycles. The van der Waals surface area contributed by atoms with Gasteiger partial charge in [0.05, 0.1) is 10.6 Å². The third-order valence-corrected chi connectivity index (χ3v) is 8.20. The van der Waals surface area contributed by atoms with Gasteiger partial charge in [0.25, 0.3) is 5.91 Å². The summed E-state index contributed by atoms with van der Waals surface area (Å²) in [5.41, 5.74) is 3.65. The number of benzene rings is 2. The number of nitrogens with zero attached hydrogens (tertiary/aromatic N) is 2. The van der Waals surface area contributed by atoms with Crippen molar-refractivity contribution >= 4 is 21.6 Å². The third kappa shape index (κ3) is 4.65. The van der Waals surface area contributed by atoms with Crippen molar-refractivity contribution in [3.05, 3.63) is 59.3 Å². The molecule has 4 rings (SSSR count). The van der Waals surface area contributed by atoms with Crippen molar-refractivity contribution in [3.8, 4) is 17.0 Å². The molecule has 2 aromatic carbocycles. The Balaban J connectivity index is 1.48. The van der Waals surface area contributed by atoms with Crippen molar-refractivity contribution in [1.82, 2.24) is 14.5 Å². The van der Waals surface area contributed by atoms with Gasteiger partial charge in [0.2, 0.25) is 10.0 Å². The van der Waals surface area contributed by atoms with E-state index in [9.17, 15) is 18.3 Å². The Labute approximate surface area is 193 Å². The Hall–Kier alpha value is -3.17. The molecule has 1 aromatic heterocycles. The number of hydrogen-bond donors (Lipinski definition) is 3. The van der Waals surface area contributed by atoms with Crippen molar-refractivity contribution in [2.24, 2.45) is 0 Å². The zero-order valence-corrected chi connectivity index (χ0v) is 19.7. The minimum Gasteiger partial charge on any atom is -0.507 e. The quantitative estimate of drug-likeness (QED) is 0.519. The van der Waals surface area contributed by atoms with E-state index in [4.69, 9.17) is 0 Å². The lowest BCUT2D eigenvalue weighted by atomic mass is 10.0. The van der Waals surface area contributed by atoms with Gasteiger partial charge in [0, 0.05) is 23.8 Å². The summed E-state index contributed by atoms with van der Waals surface area (Å²) in [6.07, 6.45) is 2.76. The number of aromatic amines is 1. The van der Waals surface area contributed by atoms with E-state index in [2.05, 4.69) is 15.5 Å². The normalized spacial score (nSPS) is 17.1. The van der Waals surface area contributed by atoms with Gasteiger partial charge in [-0.1, -0.05) is 6.42 Å². The molecule has 0 bridgehead atoms. The van der Waals surface area contributed by atoms with Crippen LogP contribution in [0.2, 0.25) is 0 Å². The van der Waals surface area contributed by atoms with Crippen LogP contribution in [0.25, 0.3) is 11.3 Å². The maximum absolute atomic E-state index is 13.0. The Morgan fingerprint density at radius 1 is 1.12 bits per heavy atom. The lowest BCUT2D eigenvalue weighted by Crippen LogP contribution is -2.41. The van der Waals surface area contributed by atoms with Crippen molar-refractivity contribution in [2.45, 2.75) is 51.0 Å². The Morgan fingerprint density at radius 2 is 1.82 bits per heavy atom. The van der Waals surface area contributed by atoms with Gasteiger partial charge < -0.3 is 10.4 Å². The van der Waals surface area contributed by atoms with Crippen LogP contribution in [0, 0.1) is 13.8 Å². The third-order valence-electron chi connectivity index (χ3n) is 6.17. The number of aromatic hydroxyl groups is 1. The molecule has 1 amide bonds. The molecule has 0 spiro atoms. The van der Waals surface area contributed by atoms with Gasteiger partial charge in [-0.3, -0.25) is 9.89 Å². The molecule has 174 valence electrons. The number of carbonyl (C=O) groups is 1. The van der Waals surface area contributed by atoms with Crippen LogP contribution in [-0.4, -0.2) is 46.5 Å². The topological polar surface area (TPSA) is 115 Å². The average Bonchev–Trinajstić information content (AvgIpc) is 3.27. The van der Waals surface area contributed by atoms with Crippen LogP contribution < -0.4 is 5.32 Å². The molecule has 1 fully saturated rings. The summed E-state index contributed by atoms with van der Waals surface area (Å²) in [5.74, 6) is -0.325. The molecule has 1 aliphatic heterocycles. The number of aromatic nitrogens is 2. The summed E-state index contributed by atoms with van der Waals surface area (Å²) in [7, 11) is -3.57. The number of amides is 1. The van der Waals surface area contributed by atoms with Crippen LogP contribution in [0.3, 0.4) is 0 Å². The molecule has 0 aliphatic carbocycles. The van der Waals surface area contributed by atoms with E-state index in [1.165, 1.54) is 12.1 Å². The van der Waals surface area contributed by atoms with E-state index in [1.54, 1.807) is 28.6 Å². The molecular weight excluding hydrogens is 440 g/mol. The second kappa shape index (κ2) is 8.99. The number of aryl methyl sites for hydroxylation is 2. The fourth-order valence-electron chi connectivity index (χ4n) is 4.06. The molecule has 1 atom stereocenters. The Bertz CT molecular complexity index is 1280. The van der Waals surface area contributed by atoms with E-state index in [0.717, 1.165) is 30.4 Å². The maximum Gasteiger partial charge on any atom is 0.273 e. The standard InChI is InChI=1S/C24H28N4O4S/c1-15-12-20(23(29)13-16(15)2)21-14-22(27-26-21)24(30)25-18-7-9-19(10-8-18)33(31,32)28-11-5-4-6-17(28)3/h7-10,12-14,17,29H,4-6,11H2,1-3H3,(H,25,30)(H,26,27)/t17-/m0/s1. The highest BCUT2D eigenvalue weighted by atomic mass is 32.2. The lowest BCUT2D eigenvalue weighted by molar-refractivity contribution is 0.102. The zero-order chi connectivity index (χ0) is 23.8. The van der Waals surface area contributed by atoms with Gasteiger partial charge in [-0.25, -0.2) is 8.42 Å². The molecule has 3 N–H and O–H groups in total. The van der Waals surface area contributed by atoms with Gasteiger partial charge in [-0.2, -0.15) is 9.40 Å². The van der Waals surface area contributed by atoms with Gasteiger partial charge >= 0.3 is 0 Å². The van der Waals surface area contributed by atoms with E-state index >= 15 is 0 Å². The van der Waals surface area contributed by atoms with Gasteiger partial charge in [-0.15, -0.1) is 0 Å². The zero-order valence-electron chi connectivity index (χ0n) is 18.9. The molecule has 0 unspecified atom stereocenters. The summed E-state index contributed by atoms with van der Waals surface area (Å²) < 4.78 is 27.5. The van der Waals surface area contributed by atoms with Gasteiger partial charge in [0.1, 0.15) is 11.4 Å². The van der Waals surface area contributed by atoms with Crippen LogP contribution in [0.4, 0.5) is 5.69 Å². The lowest BCUT2D eigenvalue weighted by Gasteiger charge is -2.32. The number of piperidine rings is 1. The number of carbonyl (C=O) groups excluding carboxylic acids is 1. The van der Waals surface area contributed by atoms with Crippen molar-refractivity contribution in [3.63, 3.8) is 0 Å². The number of H-pyrrole nitrogens is 1. The minimum absolute atomic E-state index is 0.0190. The number of phenolic OH excluding ortho intramolecular Hbond substituents is 1. The predicted molar refractivity (Wildman–Crippen MR) is 127 cm³/mol. The van der Waals surface area contributed by atoms with Crippen LogP contribution in [0.5, 0.6) is 5.75 Å². The van der Waals surface area contributed by atoms with E-state index in [0.29, 0.717) is 23.5 Å². The van der Waals surface area contributed by atoms with Crippen LogP contribution >= 0.6 is 0 Å². The summed E-state index contributed by atoms with van der Waals surface area (Å²) >= 11 is 0. The highest BCUT2D eigenvalue weighted by Crippen LogP contribution is 2.31. The van der Waals surface area contributed by atoms with Crippen molar-refractivity contribution < 1.29 is 18.3 Å². The fourth-order valence-corrected chi connectivity index (χ4v) is 5.75. The van der Waals surface area contributed by atoms with E-state index < -0.39 is 15.9 Å².